The lowest BCUT2D eigenvalue weighted by Gasteiger charge is -2.59. The van der Waals surface area contributed by atoms with Crippen LogP contribution in [-0.2, 0) is 9.59 Å². The molecule has 0 aromatic heterocycles. The van der Waals surface area contributed by atoms with Crippen LogP contribution < -0.4 is 0 Å². The minimum Gasteiger partial charge on any atom is -0.480 e. The second-order valence-corrected chi connectivity index (χ2v) is 7.63. The zero-order chi connectivity index (χ0) is 17.3. The highest BCUT2D eigenvalue weighted by Crippen LogP contribution is 2.53. The van der Waals surface area contributed by atoms with Gasteiger partial charge in [0, 0.05) is 12.5 Å². The number of ketones is 1. The molecule has 0 saturated carbocycles. The predicted molar refractivity (Wildman–Crippen MR) is 88.9 cm³/mol. The van der Waals surface area contributed by atoms with Crippen LogP contribution in [0.25, 0.3) is 0 Å². The standard InChI is InChI=1S/C18H33NO3/c1-8-17(9-2)14(20)13(16(5,6)7)12-19(11-4)18(17,10-3)15(21)22/h13H,8-12H2,1-7H3,(H,21,22). The molecule has 22 heavy (non-hydrogen) atoms. The van der Waals surface area contributed by atoms with Crippen molar-refractivity contribution in [2.24, 2.45) is 16.7 Å². The minimum atomic E-state index is -1.08. The van der Waals surface area contributed by atoms with E-state index in [-0.39, 0.29) is 17.1 Å². The smallest absolute Gasteiger partial charge is 0.325 e. The minimum absolute atomic E-state index is 0.119. The summed E-state index contributed by atoms with van der Waals surface area (Å²) in [6.45, 7) is 15.3. The van der Waals surface area contributed by atoms with Crippen molar-refractivity contribution in [1.29, 1.82) is 0 Å². The molecule has 0 aromatic rings. The third kappa shape index (κ3) is 2.40. The Bertz CT molecular complexity index is 434. The van der Waals surface area contributed by atoms with Crippen LogP contribution in [-0.4, -0.2) is 40.4 Å². The summed E-state index contributed by atoms with van der Waals surface area (Å²) in [6, 6.07) is 0. The van der Waals surface area contributed by atoms with Crippen molar-refractivity contribution in [1.82, 2.24) is 4.90 Å². The molecule has 1 heterocycles. The molecular formula is C18H33NO3. The Morgan fingerprint density at radius 1 is 1.18 bits per heavy atom. The van der Waals surface area contributed by atoms with Gasteiger partial charge < -0.3 is 5.11 Å². The number of carboxylic acids is 1. The second-order valence-electron chi connectivity index (χ2n) is 7.63. The van der Waals surface area contributed by atoms with Crippen LogP contribution in [0.4, 0.5) is 0 Å². The van der Waals surface area contributed by atoms with Crippen molar-refractivity contribution >= 4 is 11.8 Å². The summed E-state index contributed by atoms with van der Waals surface area (Å²) in [5.74, 6) is -0.813. The van der Waals surface area contributed by atoms with Gasteiger partial charge in [0.15, 0.2) is 0 Å². The molecule has 0 spiro atoms. The van der Waals surface area contributed by atoms with E-state index in [1.54, 1.807) is 0 Å². The van der Waals surface area contributed by atoms with Gasteiger partial charge in [0.25, 0.3) is 0 Å². The fourth-order valence-corrected chi connectivity index (χ4v) is 4.60. The Labute approximate surface area is 135 Å². The molecule has 1 saturated heterocycles. The van der Waals surface area contributed by atoms with Crippen molar-refractivity contribution in [3.05, 3.63) is 0 Å². The van der Waals surface area contributed by atoms with Crippen molar-refractivity contribution in [2.45, 2.75) is 73.3 Å². The summed E-state index contributed by atoms with van der Waals surface area (Å²) in [4.78, 5) is 27.8. The largest absolute Gasteiger partial charge is 0.480 e. The van der Waals surface area contributed by atoms with E-state index in [9.17, 15) is 14.7 Å². The van der Waals surface area contributed by atoms with Gasteiger partial charge in [0.2, 0.25) is 0 Å². The molecular weight excluding hydrogens is 278 g/mol. The van der Waals surface area contributed by atoms with Gasteiger partial charge in [-0.05, 0) is 31.2 Å². The van der Waals surface area contributed by atoms with Gasteiger partial charge in [-0.3, -0.25) is 14.5 Å². The van der Waals surface area contributed by atoms with Gasteiger partial charge >= 0.3 is 5.97 Å². The highest BCUT2D eigenvalue weighted by Gasteiger charge is 2.65. The van der Waals surface area contributed by atoms with E-state index in [2.05, 4.69) is 25.7 Å². The van der Waals surface area contributed by atoms with E-state index in [0.717, 1.165) is 0 Å². The summed E-state index contributed by atoms with van der Waals surface area (Å²) in [7, 11) is 0. The maximum absolute atomic E-state index is 13.4. The summed E-state index contributed by atoms with van der Waals surface area (Å²) < 4.78 is 0. The molecule has 0 radical (unpaired) electrons. The predicted octanol–water partition coefficient (Wildman–Crippen LogP) is 3.59. The molecule has 1 N–H and O–H groups in total. The third-order valence-electron chi connectivity index (χ3n) is 6.02. The molecule has 4 heteroatoms. The normalized spacial score (nSPS) is 29.6. The van der Waals surface area contributed by atoms with Crippen molar-refractivity contribution in [2.75, 3.05) is 13.1 Å². The van der Waals surface area contributed by atoms with E-state index in [1.165, 1.54) is 0 Å². The van der Waals surface area contributed by atoms with E-state index < -0.39 is 16.9 Å². The lowest BCUT2D eigenvalue weighted by molar-refractivity contribution is -0.185. The first-order chi connectivity index (χ1) is 10.1. The van der Waals surface area contributed by atoms with E-state index in [1.807, 2.05) is 27.7 Å². The van der Waals surface area contributed by atoms with Gasteiger partial charge in [-0.15, -0.1) is 0 Å². The number of piperidine rings is 1. The molecule has 0 bridgehead atoms. The Hall–Kier alpha value is -0.900. The number of nitrogens with zero attached hydrogens (tertiary/aromatic N) is 1. The molecule has 1 rings (SSSR count). The van der Waals surface area contributed by atoms with Gasteiger partial charge in [0.1, 0.15) is 11.3 Å². The van der Waals surface area contributed by atoms with Crippen LogP contribution in [0.5, 0.6) is 0 Å². The molecule has 0 amide bonds. The van der Waals surface area contributed by atoms with Crippen LogP contribution in [0.1, 0.15) is 67.7 Å². The van der Waals surface area contributed by atoms with Gasteiger partial charge in [0.05, 0.1) is 5.41 Å². The molecule has 4 nitrogen and oxygen atoms in total. The topological polar surface area (TPSA) is 57.6 Å². The second kappa shape index (κ2) is 6.31. The number of Topliss-reactive ketones (excluding diaryl/α,β-unsaturated/α-hetero) is 1. The maximum Gasteiger partial charge on any atom is 0.325 e. The number of likely N-dealkylation sites (tertiary alicyclic amines) is 1. The monoisotopic (exact) mass is 311 g/mol. The van der Waals surface area contributed by atoms with Crippen molar-refractivity contribution < 1.29 is 14.7 Å². The fourth-order valence-electron chi connectivity index (χ4n) is 4.60. The number of rotatable bonds is 5. The lowest BCUT2D eigenvalue weighted by atomic mass is 9.53. The summed E-state index contributed by atoms with van der Waals surface area (Å²) >= 11 is 0. The van der Waals surface area contributed by atoms with Crippen LogP contribution in [0.2, 0.25) is 0 Å². The molecule has 0 aromatic carbocycles. The first kappa shape index (κ1) is 19.1. The number of hydrogen-bond acceptors (Lipinski definition) is 3. The van der Waals surface area contributed by atoms with Crippen LogP contribution in [0.15, 0.2) is 0 Å². The van der Waals surface area contributed by atoms with Crippen molar-refractivity contribution in [3.8, 4) is 0 Å². The molecule has 128 valence electrons. The Balaban J connectivity index is 3.63. The summed E-state index contributed by atoms with van der Waals surface area (Å²) in [6.07, 6.45) is 1.61. The number of carbonyl (C=O) groups is 2. The van der Waals surface area contributed by atoms with Gasteiger partial charge in [-0.25, -0.2) is 0 Å². The quantitative estimate of drug-likeness (QED) is 0.843. The molecule has 1 fully saturated rings. The maximum atomic E-state index is 13.4. The SMILES string of the molecule is CCN1CC(C(C)(C)C)C(=O)C(CC)(CC)C1(CC)C(=O)O. The summed E-state index contributed by atoms with van der Waals surface area (Å²) in [5.41, 5.74) is -2.04. The zero-order valence-corrected chi connectivity index (χ0v) is 15.3. The van der Waals surface area contributed by atoms with Gasteiger partial charge in [-0.2, -0.15) is 0 Å². The lowest BCUT2D eigenvalue weighted by Crippen LogP contribution is -2.73. The zero-order valence-electron chi connectivity index (χ0n) is 15.3. The number of aliphatic carboxylic acids is 1. The Kier molecular flexibility index (Phi) is 5.49. The van der Waals surface area contributed by atoms with Crippen LogP contribution in [0.3, 0.4) is 0 Å². The van der Waals surface area contributed by atoms with Gasteiger partial charge in [-0.1, -0.05) is 48.5 Å². The number of carboxylic acid groups (broad SMARTS) is 1. The van der Waals surface area contributed by atoms with Crippen molar-refractivity contribution in [3.63, 3.8) is 0 Å². The number of carbonyl (C=O) groups excluding carboxylic acids is 1. The molecule has 0 aliphatic carbocycles. The highest BCUT2D eigenvalue weighted by molar-refractivity contribution is 5.97. The Morgan fingerprint density at radius 2 is 1.68 bits per heavy atom. The first-order valence-corrected chi connectivity index (χ1v) is 8.61. The molecule has 1 aliphatic rings. The Morgan fingerprint density at radius 3 is 1.95 bits per heavy atom. The highest BCUT2D eigenvalue weighted by atomic mass is 16.4. The van der Waals surface area contributed by atoms with E-state index in [4.69, 9.17) is 0 Å². The molecule has 2 atom stereocenters. The first-order valence-electron chi connectivity index (χ1n) is 8.61. The van der Waals surface area contributed by atoms with E-state index >= 15 is 0 Å². The van der Waals surface area contributed by atoms with Crippen LogP contribution in [0, 0.1) is 16.7 Å². The number of likely N-dealkylation sites (N-methyl/N-ethyl adjacent to an activating group) is 1. The third-order valence-corrected chi connectivity index (χ3v) is 6.02. The average Bonchev–Trinajstić information content (AvgIpc) is 2.44. The summed E-state index contributed by atoms with van der Waals surface area (Å²) in [5, 5.41) is 10.1. The molecule has 1 aliphatic heterocycles. The molecule has 2 unspecified atom stereocenters. The average molecular weight is 311 g/mol. The number of hydrogen-bond donors (Lipinski definition) is 1. The van der Waals surface area contributed by atoms with E-state index in [0.29, 0.717) is 32.4 Å². The fraction of sp³-hybridized carbons (Fsp3) is 0.889. The van der Waals surface area contributed by atoms with Crippen LogP contribution >= 0.6 is 0 Å².